The van der Waals surface area contributed by atoms with Gasteiger partial charge in [-0.2, -0.15) is 13.2 Å². The molecule has 11 heteroatoms. The van der Waals surface area contributed by atoms with Gasteiger partial charge < -0.3 is 15.8 Å². The van der Waals surface area contributed by atoms with Crippen LogP contribution in [0.15, 0.2) is 46.8 Å². The van der Waals surface area contributed by atoms with Gasteiger partial charge in [0.05, 0.1) is 14.8 Å². The first kappa shape index (κ1) is 21.5. The van der Waals surface area contributed by atoms with Crippen molar-refractivity contribution < 1.29 is 23.1 Å². The van der Waals surface area contributed by atoms with E-state index in [0.717, 1.165) is 31.7 Å². The standard InChI is InChI=1S/C15H14N4S2.C2HF3O2/c1-20-15-10(7-12(21-15)13(16)17)14-18-8-11(19-14)9-5-3-2-4-6-9;3-2(4,5)1(6)7/h2-8H,1H3,(H3,16,17)(H,18,19);(H,6,7). The minimum atomic E-state index is -5.08. The van der Waals surface area contributed by atoms with Crippen LogP contribution in [0.4, 0.5) is 13.2 Å². The largest absolute Gasteiger partial charge is 0.490 e. The Bertz CT molecular complexity index is 968. The van der Waals surface area contributed by atoms with Crippen LogP contribution in [-0.2, 0) is 4.79 Å². The van der Waals surface area contributed by atoms with Crippen LogP contribution < -0.4 is 5.73 Å². The van der Waals surface area contributed by atoms with Crippen molar-refractivity contribution >= 4 is 34.9 Å². The Morgan fingerprint density at radius 3 is 2.43 bits per heavy atom. The number of rotatable bonds is 4. The molecule has 5 N–H and O–H groups in total. The van der Waals surface area contributed by atoms with Gasteiger partial charge in [-0.25, -0.2) is 9.78 Å². The number of hydrogen-bond acceptors (Lipinski definition) is 5. The van der Waals surface area contributed by atoms with Crippen molar-refractivity contribution in [3.05, 3.63) is 47.5 Å². The number of thioether (sulfide) groups is 1. The van der Waals surface area contributed by atoms with Gasteiger partial charge >= 0.3 is 12.1 Å². The molecule has 0 spiro atoms. The SMILES string of the molecule is CSc1sc(C(=N)N)cc1-c1nc(-c2ccccc2)c[nH]1.O=C(O)C(F)(F)F. The van der Waals surface area contributed by atoms with Crippen molar-refractivity contribution in [2.75, 3.05) is 6.26 Å². The molecule has 0 aliphatic carbocycles. The van der Waals surface area contributed by atoms with Crippen molar-refractivity contribution in [3.8, 4) is 22.6 Å². The molecule has 1 aromatic carbocycles. The number of aromatic nitrogens is 2. The van der Waals surface area contributed by atoms with E-state index in [2.05, 4.69) is 9.97 Å². The number of benzene rings is 1. The molecule has 0 aliphatic heterocycles. The summed E-state index contributed by atoms with van der Waals surface area (Å²) < 4.78 is 32.8. The van der Waals surface area contributed by atoms with E-state index < -0.39 is 12.1 Å². The topological polar surface area (TPSA) is 116 Å². The quantitative estimate of drug-likeness (QED) is 0.278. The Morgan fingerprint density at radius 1 is 1.32 bits per heavy atom. The van der Waals surface area contributed by atoms with Crippen molar-refractivity contribution in [1.82, 2.24) is 9.97 Å². The van der Waals surface area contributed by atoms with Crippen molar-refractivity contribution in [3.63, 3.8) is 0 Å². The highest BCUT2D eigenvalue weighted by molar-refractivity contribution is 8.00. The first-order valence-corrected chi connectivity index (χ1v) is 9.61. The molecule has 0 fully saturated rings. The second-order valence-corrected chi connectivity index (χ2v) is 7.36. The van der Waals surface area contributed by atoms with Crippen molar-refractivity contribution in [1.29, 1.82) is 5.41 Å². The molecule has 0 radical (unpaired) electrons. The predicted octanol–water partition coefficient (Wildman–Crippen LogP) is 4.44. The first-order chi connectivity index (χ1) is 13.1. The molecule has 0 atom stereocenters. The zero-order valence-electron chi connectivity index (χ0n) is 14.4. The summed E-state index contributed by atoms with van der Waals surface area (Å²) in [4.78, 5) is 17.5. The Kier molecular flexibility index (Phi) is 6.86. The fourth-order valence-electron chi connectivity index (χ4n) is 2.04. The van der Waals surface area contributed by atoms with E-state index in [1.807, 2.05) is 48.9 Å². The number of halogens is 3. The minimum Gasteiger partial charge on any atom is -0.475 e. The second kappa shape index (κ2) is 8.93. The van der Waals surface area contributed by atoms with Crippen LogP contribution in [0.1, 0.15) is 4.88 Å². The number of carboxylic acids is 1. The fourth-order valence-corrected chi connectivity index (χ4v) is 3.77. The van der Waals surface area contributed by atoms with Gasteiger partial charge in [0.1, 0.15) is 11.7 Å². The number of nitrogens with one attached hydrogen (secondary N) is 2. The van der Waals surface area contributed by atoms with Crippen LogP contribution in [0.2, 0.25) is 0 Å². The van der Waals surface area contributed by atoms with Gasteiger partial charge in [-0.05, 0) is 12.3 Å². The molecule has 0 aliphatic rings. The number of carbonyl (C=O) groups is 1. The number of aliphatic carboxylic acids is 1. The van der Waals surface area contributed by atoms with Gasteiger partial charge in [0.2, 0.25) is 0 Å². The first-order valence-electron chi connectivity index (χ1n) is 7.57. The van der Waals surface area contributed by atoms with Crippen LogP contribution >= 0.6 is 23.1 Å². The summed E-state index contributed by atoms with van der Waals surface area (Å²) >= 11 is 3.16. The Morgan fingerprint density at radius 2 is 1.93 bits per heavy atom. The molecule has 3 rings (SSSR count). The van der Waals surface area contributed by atoms with E-state index in [0.29, 0.717) is 0 Å². The molecule has 0 amide bonds. The van der Waals surface area contributed by atoms with E-state index in [9.17, 15) is 13.2 Å². The third kappa shape index (κ3) is 5.36. The molecule has 0 unspecified atom stereocenters. The maximum atomic E-state index is 10.6. The predicted molar refractivity (Wildman–Crippen MR) is 104 cm³/mol. The lowest BCUT2D eigenvalue weighted by molar-refractivity contribution is -0.192. The summed E-state index contributed by atoms with van der Waals surface area (Å²) in [6.45, 7) is 0. The smallest absolute Gasteiger partial charge is 0.475 e. The average molecular weight is 428 g/mol. The van der Waals surface area contributed by atoms with Gasteiger partial charge in [-0.3, -0.25) is 5.41 Å². The van der Waals surface area contributed by atoms with Crippen molar-refractivity contribution in [2.24, 2.45) is 5.73 Å². The van der Waals surface area contributed by atoms with Gasteiger partial charge in [-0.15, -0.1) is 23.1 Å². The molecule has 148 valence electrons. The summed E-state index contributed by atoms with van der Waals surface area (Å²) in [7, 11) is 0. The highest BCUT2D eigenvalue weighted by atomic mass is 32.2. The molecule has 28 heavy (non-hydrogen) atoms. The number of nitrogens with two attached hydrogens (primary N) is 1. The maximum absolute atomic E-state index is 10.6. The van der Waals surface area contributed by atoms with E-state index in [1.54, 1.807) is 11.8 Å². The summed E-state index contributed by atoms with van der Waals surface area (Å²) in [5, 5.41) is 14.7. The van der Waals surface area contributed by atoms with Crippen LogP contribution in [0.25, 0.3) is 22.6 Å². The third-order valence-electron chi connectivity index (χ3n) is 3.29. The maximum Gasteiger partial charge on any atom is 0.490 e. The van der Waals surface area contributed by atoms with E-state index in [-0.39, 0.29) is 5.84 Å². The molecule has 2 heterocycles. The Labute approximate surface area is 166 Å². The van der Waals surface area contributed by atoms with Crippen molar-refractivity contribution in [2.45, 2.75) is 10.4 Å². The van der Waals surface area contributed by atoms with Gasteiger partial charge in [-0.1, -0.05) is 30.3 Å². The van der Waals surface area contributed by atoms with E-state index in [4.69, 9.17) is 21.0 Å². The van der Waals surface area contributed by atoms with Crippen LogP contribution in [0.3, 0.4) is 0 Å². The number of nitrogens with zero attached hydrogens (tertiary/aromatic N) is 1. The van der Waals surface area contributed by atoms with Gasteiger partial charge in [0.25, 0.3) is 0 Å². The lowest BCUT2D eigenvalue weighted by Crippen LogP contribution is -2.21. The molecule has 0 saturated carbocycles. The number of aromatic amines is 1. The summed E-state index contributed by atoms with van der Waals surface area (Å²) in [6.07, 6.45) is -1.17. The highest BCUT2D eigenvalue weighted by Gasteiger charge is 2.38. The molecule has 0 bridgehead atoms. The van der Waals surface area contributed by atoms with Gasteiger partial charge in [0, 0.05) is 17.3 Å². The lowest BCUT2D eigenvalue weighted by atomic mass is 10.2. The zero-order chi connectivity index (χ0) is 20.9. The summed E-state index contributed by atoms with van der Waals surface area (Å²) in [5.41, 5.74) is 8.57. The van der Waals surface area contributed by atoms with Crippen LogP contribution in [0.5, 0.6) is 0 Å². The number of H-pyrrole nitrogens is 1. The monoisotopic (exact) mass is 428 g/mol. The third-order valence-corrected chi connectivity index (χ3v) is 5.60. The molecule has 6 nitrogen and oxygen atoms in total. The molecule has 3 aromatic rings. The van der Waals surface area contributed by atoms with E-state index >= 15 is 0 Å². The number of carboxylic acid groups (broad SMARTS) is 1. The average Bonchev–Trinajstić information content (AvgIpc) is 3.29. The number of hydrogen-bond donors (Lipinski definition) is 4. The van der Waals surface area contributed by atoms with Crippen LogP contribution in [0, 0.1) is 5.41 Å². The number of imidazole rings is 1. The molecule has 0 saturated heterocycles. The number of amidine groups is 1. The molecular weight excluding hydrogens is 413 g/mol. The number of alkyl halides is 3. The lowest BCUT2D eigenvalue weighted by Gasteiger charge is -1.96. The summed E-state index contributed by atoms with van der Waals surface area (Å²) in [5.74, 6) is -1.86. The normalized spacial score (nSPS) is 10.9. The Balaban J connectivity index is 0.000000345. The minimum absolute atomic E-state index is 0.0939. The second-order valence-electron chi connectivity index (χ2n) is 5.23. The zero-order valence-corrected chi connectivity index (χ0v) is 16.0. The number of thiophene rings is 1. The van der Waals surface area contributed by atoms with Gasteiger partial charge in [0.15, 0.2) is 0 Å². The summed E-state index contributed by atoms with van der Waals surface area (Å²) in [6, 6.07) is 12.0. The fraction of sp³-hybridized carbons (Fsp3) is 0.118. The molecule has 2 aromatic heterocycles. The van der Waals surface area contributed by atoms with E-state index in [1.165, 1.54) is 11.3 Å². The van der Waals surface area contributed by atoms with Crippen LogP contribution in [-0.4, -0.2) is 39.3 Å². The highest BCUT2D eigenvalue weighted by Crippen LogP contribution is 2.37. The number of nitrogen functional groups attached to an aromatic ring is 1. The Hall–Kier alpha value is -2.79. The molecular formula is C17H15F3N4O2S2.